The fourth-order valence-electron chi connectivity index (χ4n) is 3.50. The topological polar surface area (TPSA) is 157 Å². The van der Waals surface area contributed by atoms with Gasteiger partial charge in [0.15, 0.2) is 15.7 Å². The Morgan fingerprint density at radius 2 is 1.94 bits per heavy atom. The van der Waals surface area contributed by atoms with Crippen LogP contribution in [-0.2, 0) is 14.6 Å². The molecule has 2 aromatic rings. The number of alkyl halides is 2. The first-order chi connectivity index (χ1) is 17.1. The number of nitrogens with zero attached hydrogens (tertiary/aromatic N) is 2. The number of aromatic nitrogens is 2. The molecule has 0 atom stereocenters. The van der Waals surface area contributed by atoms with Crippen molar-refractivity contribution in [2.75, 3.05) is 25.4 Å². The number of rotatable bonds is 11. The number of nitrogen functional groups attached to an aromatic ring is 1. The number of carbonyl (C=O) groups is 1. The summed E-state index contributed by atoms with van der Waals surface area (Å²) in [7, 11) is -3.93. The van der Waals surface area contributed by atoms with Gasteiger partial charge in [-0.2, -0.15) is 8.78 Å². The number of hydrogen-bond donors (Lipinski definition) is 4. The zero-order chi connectivity index (χ0) is 26.3. The molecule has 0 radical (unpaired) electrons. The first-order valence-corrected chi connectivity index (χ1v) is 12.5. The van der Waals surface area contributed by atoms with Crippen LogP contribution in [0, 0.1) is 0 Å². The van der Waals surface area contributed by atoms with Gasteiger partial charge >= 0.3 is 12.6 Å². The molecule has 0 aliphatic heterocycles. The highest BCUT2D eigenvalue weighted by atomic mass is 32.2. The lowest BCUT2D eigenvalue weighted by Crippen LogP contribution is -2.36. The van der Waals surface area contributed by atoms with Gasteiger partial charge in [0.25, 0.3) is 0 Å². The molecule has 5 N–H and O–H groups in total. The maximum Gasteiger partial charge on any atom is 0.387 e. The van der Waals surface area contributed by atoms with Crippen molar-refractivity contribution in [1.82, 2.24) is 20.6 Å². The zero-order valence-electron chi connectivity index (χ0n) is 19.4. The summed E-state index contributed by atoms with van der Waals surface area (Å²) in [5.74, 6) is 0.161. The normalized spacial score (nSPS) is 15.2. The van der Waals surface area contributed by atoms with Crippen molar-refractivity contribution in [1.29, 1.82) is 0 Å². The number of ether oxygens (including phenoxy) is 1. The number of carbonyl (C=O) groups excluding carboxylic acids is 1. The second-order valence-corrected chi connectivity index (χ2v) is 10.1. The Morgan fingerprint density at radius 1 is 1.25 bits per heavy atom. The lowest BCUT2D eigenvalue weighted by molar-refractivity contribution is -0.0498. The number of aliphatic hydroxyl groups excluding tert-OH is 1. The van der Waals surface area contributed by atoms with Gasteiger partial charge < -0.3 is 26.2 Å². The molecule has 0 saturated heterocycles. The summed E-state index contributed by atoms with van der Waals surface area (Å²) < 4.78 is 54.8. The molecule has 1 heterocycles. The summed E-state index contributed by atoms with van der Waals surface area (Å²) in [6.45, 7) is -1.11. The van der Waals surface area contributed by atoms with Crippen LogP contribution in [0.1, 0.15) is 31.3 Å². The van der Waals surface area contributed by atoms with Crippen molar-refractivity contribution < 1.29 is 31.8 Å². The van der Waals surface area contributed by atoms with Crippen LogP contribution in [0.15, 0.2) is 53.5 Å². The highest BCUT2D eigenvalue weighted by Crippen LogP contribution is 2.54. The van der Waals surface area contributed by atoms with Crippen molar-refractivity contribution >= 4 is 27.3 Å². The molecule has 0 spiro atoms. The number of sulfone groups is 1. The molecule has 2 amide bonds. The van der Waals surface area contributed by atoms with Gasteiger partial charge in [0.05, 0.1) is 17.2 Å². The molecule has 1 aromatic heterocycles. The Kier molecular flexibility index (Phi) is 8.58. The maximum atomic E-state index is 13.5. The molecule has 194 valence electrons. The third-order valence-corrected chi connectivity index (χ3v) is 7.97. The third-order valence-electron chi connectivity index (χ3n) is 5.43. The van der Waals surface area contributed by atoms with Crippen LogP contribution < -0.4 is 21.1 Å². The number of hydrogen-bond acceptors (Lipinski definition) is 8. The predicted molar refractivity (Wildman–Crippen MR) is 129 cm³/mol. The Labute approximate surface area is 207 Å². The van der Waals surface area contributed by atoms with E-state index in [0.717, 1.165) is 0 Å². The summed E-state index contributed by atoms with van der Waals surface area (Å²) in [5.41, 5.74) is 6.80. The summed E-state index contributed by atoms with van der Waals surface area (Å²) in [6.07, 6.45) is 5.67. The van der Waals surface area contributed by atoms with E-state index in [-0.39, 0.29) is 47.7 Å². The highest BCUT2D eigenvalue weighted by Gasteiger charge is 2.57. The standard InChI is InChI=1S/C23H27F2N5O5S/c1-2-15(4-3-11-27-22(32)28-12-13-31)20-29-18(14-19(26)30-20)23(9-10-23)36(33,34)17-7-5-16(6-8-17)35-21(24)25/h2-8,14,21,31H,9-13H2,1H3,(H2,26,29,30)(H2,27,28,32)/b4-3-,15-2+. The van der Waals surface area contributed by atoms with Crippen LogP contribution in [0.4, 0.5) is 19.4 Å². The molecule has 0 bridgehead atoms. The van der Waals surface area contributed by atoms with Crippen molar-refractivity contribution in [2.45, 2.75) is 36.0 Å². The Bertz CT molecular complexity index is 1250. The molecule has 1 fully saturated rings. The first-order valence-electron chi connectivity index (χ1n) is 11.0. The summed E-state index contributed by atoms with van der Waals surface area (Å²) in [5, 5.41) is 13.8. The average molecular weight is 524 g/mol. The van der Waals surface area contributed by atoms with E-state index >= 15 is 0 Å². The molecular weight excluding hydrogens is 496 g/mol. The number of anilines is 1. The van der Waals surface area contributed by atoms with Crippen molar-refractivity contribution in [3.63, 3.8) is 0 Å². The smallest absolute Gasteiger partial charge is 0.387 e. The minimum atomic E-state index is -3.93. The van der Waals surface area contributed by atoms with E-state index in [4.69, 9.17) is 10.8 Å². The molecule has 3 rings (SSSR count). The number of benzene rings is 1. The monoisotopic (exact) mass is 523 g/mol. The first kappa shape index (κ1) is 27.0. The minimum absolute atomic E-state index is 0.0444. The second kappa shape index (κ2) is 11.4. The molecular formula is C23H27F2N5O5S. The average Bonchev–Trinajstić information content (AvgIpc) is 3.65. The molecule has 36 heavy (non-hydrogen) atoms. The van der Waals surface area contributed by atoms with Crippen molar-refractivity contribution in [3.8, 4) is 5.75 Å². The van der Waals surface area contributed by atoms with Gasteiger partial charge in [-0.15, -0.1) is 0 Å². The Balaban J connectivity index is 1.82. The van der Waals surface area contributed by atoms with Gasteiger partial charge in [-0.3, -0.25) is 0 Å². The van der Waals surface area contributed by atoms with E-state index < -0.39 is 27.2 Å². The van der Waals surface area contributed by atoms with E-state index in [1.807, 2.05) is 0 Å². The second-order valence-electron chi connectivity index (χ2n) is 7.86. The molecule has 13 heteroatoms. The van der Waals surface area contributed by atoms with Crippen LogP contribution in [0.2, 0.25) is 0 Å². The fourth-order valence-corrected chi connectivity index (χ4v) is 5.46. The molecule has 1 saturated carbocycles. The van der Waals surface area contributed by atoms with Crippen LogP contribution in [0.3, 0.4) is 0 Å². The molecule has 0 unspecified atom stereocenters. The molecule has 1 aliphatic carbocycles. The van der Waals surface area contributed by atoms with E-state index in [2.05, 4.69) is 25.3 Å². The predicted octanol–water partition coefficient (Wildman–Crippen LogP) is 2.37. The van der Waals surface area contributed by atoms with Crippen LogP contribution in [-0.4, -0.2) is 55.8 Å². The van der Waals surface area contributed by atoms with Gasteiger partial charge in [0.1, 0.15) is 16.3 Å². The number of allylic oxidation sites excluding steroid dienone is 3. The number of nitrogens with one attached hydrogen (secondary N) is 2. The Hall–Kier alpha value is -3.58. The van der Waals surface area contributed by atoms with E-state index in [1.54, 1.807) is 25.2 Å². The quantitative estimate of drug-likeness (QED) is 0.327. The largest absolute Gasteiger partial charge is 0.435 e. The van der Waals surface area contributed by atoms with Gasteiger partial charge in [-0.05, 0) is 44.0 Å². The highest BCUT2D eigenvalue weighted by molar-refractivity contribution is 7.92. The number of amides is 2. The number of urea groups is 1. The van der Waals surface area contributed by atoms with E-state index in [9.17, 15) is 22.0 Å². The fraction of sp³-hybridized carbons (Fsp3) is 0.348. The van der Waals surface area contributed by atoms with Gasteiger partial charge in [-0.25, -0.2) is 23.2 Å². The van der Waals surface area contributed by atoms with Gasteiger partial charge in [-0.1, -0.05) is 18.2 Å². The van der Waals surface area contributed by atoms with Crippen LogP contribution in [0.25, 0.3) is 5.57 Å². The third kappa shape index (κ3) is 6.15. The van der Waals surface area contributed by atoms with Crippen LogP contribution in [0.5, 0.6) is 5.75 Å². The lowest BCUT2D eigenvalue weighted by atomic mass is 10.2. The zero-order valence-corrected chi connectivity index (χ0v) is 20.3. The molecule has 1 aromatic carbocycles. The lowest BCUT2D eigenvalue weighted by Gasteiger charge is -2.18. The minimum Gasteiger partial charge on any atom is -0.435 e. The summed E-state index contributed by atoms with van der Waals surface area (Å²) in [4.78, 5) is 20.2. The van der Waals surface area contributed by atoms with E-state index in [1.165, 1.54) is 30.3 Å². The van der Waals surface area contributed by atoms with Crippen LogP contribution >= 0.6 is 0 Å². The van der Waals surface area contributed by atoms with Crippen molar-refractivity contribution in [2.24, 2.45) is 0 Å². The van der Waals surface area contributed by atoms with Crippen molar-refractivity contribution in [3.05, 3.63) is 60.1 Å². The molecule has 1 aliphatic rings. The molecule has 10 nitrogen and oxygen atoms in total. The number of aliphatic hydroxyl groups is 1. The maximum absolute atomic E-state index is 13.5. The SMILES string of the molecule is C/C=C(\C=C/CNC(=O)NCCO)c1nc(N)cc(C2(S(=O)(=O)c3ccc(OC(F)F)cc3)CC2)n1. The summed E-state index contributed by atoms with van der Waals surface area (Å²) in [6, 6.07) is 5.79. The Morgan fingerprint density at radius 3 is 2.53 bits per heavy atom. The van der Waals surface area contributed by atoms with E-state index in [0.29, 0.717) is 18.4 Å². The number of halogens is 2. The summed E-state index contributed by atoms with van der Waals surface area (Å²) >= 11 is 0. The van der Waals surface area contributed by atoms with Gasteiger partial charge in [0, 0.05) is 24.7 Å². The number of nitrogens with two attached hydrogens (primary N) is 1. The van der Waals surface area contributed by atoms with Gasteiger partial charge in [0.2, 0.25) is 0 Å².